The standard InChI is InChI=1S/C8H4N2S.C5H10O/c9-5-8-10-6-3-1-2-4-7(6)11-8;1-6-5-3-2-4-5/h1-4H;5H,2-4H2,1H3. The maximum atomic E-state index is 8.54. The van der Waals surface area contributed by atoms with Crippen molar-refractivity contribution in [2.45, 2.75) is 25.4 Å². The van der Waals surface area contributed by atoms with E-state index in [0.717, 1.165) is 10.2 Å². The number of ether oxygens (including phenoxy) is 1. The van der Waals surface area contributed by atoms with Crippen molar-refractivity contribution >= 4 is 21.6 Å². The first kappa shape index (κ1) is 12.0. The number of aromatic nitrogens is 1. The van der Waals surface area contributed by atoms with E-state index in [9.17, 15) is 0 Å². The SMILES string of the molecule is COC1CCC1.N#Cc1nc2ccccc2s1. The Labute approximate surface area is 105 Å². The predicted molar refractivity (Wildman–Crippen MR) is 69.0 cm³/mol. The number of para-hydroxylation sites is 1. The molecular formula is C13H14N2OS. The lowest BCUT2D eigenvalue weighted by Crippen LogP contribution is -2.18. The quantitative estimate of drug-likeness (QED) is 0.775. The molecule has 17 heavy (non-hydrogen) atoms. The second-order valence-electron chi connectivity index (χ2n) is 3.89. The first-order valence-corrected chi connectivity index (χ1v) is 6.43. The van der Waals surface area contributed by atoms with Crippen LogP contribution >= 0.6 is 11.3 Å². The Bertz CT molecular complexity index is 490. The average molecular weight is 246 g/mol. The van der Waals surface area contributed by atoms with Crippen LogP contribution in [0, 0.1) is 11.3 Å². The molecule has 1 heterocycles. The molecule has 88 valence electrons. The molecule has 2 aromatic rings. The van der Waals surface area contributed by atoms with Crippen molar-refractivity contribution in [1.29, 1.82) is 5.26 Å². The fourth-order valence-electron chi connectivity index (χ4n) is 1.53. The first-order chi connectivity index (χ1) is 8.33. The van der Waals surface area contributed by atoms with Crippen LogP contribution in [0.3, 0.4) is 0 Å². The Morgan fingerprint density at radius 2 is 2.18 bits per heavy atom. The fraction of sp³-hybridized carbons (Fsp3) is 0.385. The largest absolute Gasteiger partial charge is 0.381 e. The normalized spacial score (nSPS) is 14.6. The van der Waals surface area contributed by atoms with Crippen molar-refractivity contribution in [2.24, 2.45) is 0 Å². The Morgan fingerprint density at radius 3 is 2.65 bits per heavy atom. The summed E-state index contributed by atoms with van der Waals surface area (Å²) in [5.74, 6) is 0. The summed E-state index contributed by atoms with van der Waals surface area (Å²) in [6.45, 7) is 0. The third-order valence-corrected chi connectivity index (χ3v) is 3.72. The number of nitriles is 1. The summed E-state index contributed by atoms with van der Waals surface area (Å²) in [5.41, 5.74) is 0.911. The van der Waals surface area contributed by atoms with Gasteiger partial charge in [0.25, 0.3) is 0 Å². The Balaban J connectivity index is 0.000000153. The van der Waals surface area contributed by atoms with Gasteiger partial charge in [-0.25, -0.2) is 4.98 Å². The molecule has 1 aromatic carbocycles. The van der Waals surface area contributed by atoms with Gasteiger partial charge in [-0.05, 0) is 31.4 Å². The zero-order chi connectivity index (χ0) is 12.1. The van der Waals surface area contributed by atoms with E-state index >= 15 is 0 Å². The van der Waals surface area contributed by atoms with E-state index in [1.807, 2.05) is 30.3 Å². The molecule has 3 nitrogen and oxygen atoms in total. The van der Waals surface area contributed by atoms with Gasteiger partial charge in [-0.15, -0.1) is 11.3 Å². The molecule has 0 unspecified atom stereocenters. The summed E-state index contributed by atoms with van der Waals surface area (Å²) < 4.78 is 6.06. The van der Waals surface area contributed by atoms with Crippen LogP contribution in [0.5, 0.6) is 0 Å². The minimum absolute atomic E-state index is 0.534. The van der Waals surface area contributed by atoms with Gasteiger partial charge in [-0.2, -0.15) is 5.26 Å². The molecule has 0 aliphatic heterocycles. The second kappa shape index (κ2) is 5.76. The molecule has 1 aromatic heterocycles. The van der Waals surface area contributed by atoms with Crippen LogP contribution in [0.15, 0.2) is 24.3 Å². The van der Waals surface area contributed by atoms with Crippen LogP contribution in [0.4, 0.5) is 0 Å². The van der Waals surface area contributed by atoms with Gasteiger partial charge in [0.15, 0.2) is 5.01 Å². The highest BCUT2D eigenvalue weighted by molar-refractivity contribution is 7.19. The van der Waals surface area contributed by atoms with E-state index in [1.165, 1.54) is 30.6 Å². The Kier molecular flexibility index (Phi) is 4.08. The maximum Gasteiger partial charge on any atom is 0.195 e. The van der Waals surface area contributed by atoms with Gasteiger partial charge in [0.05, 0.1) is 16.3 Å². The van der Waals surface area contributed by atoms with Crippen molar-refractivity contribution in [3.8, 4) is 6.07 Å². The highest BCUT2D eigenvalue weighted by Gasteiger charge is 2.14. The van der Waals surface area contributed by atoms with Crippen molar-refractivity contribution < 1.29 is 4.74 Å². The van der Waals surface area contributed by atoms with E-state index in [0.29, 0.717) is 11.1 Å². The monoisotopic (exact) mass is 246 g/mol. The summed E-state index contributed by atoms with van der Waals surface area (Å²) in [6, 6.07) is 9.77. The highest BCUT2D eigenvalue weighted by atomic mass is 32.1. The zero-order valence-electron chi connectivity index (χ0n) is 9.72. The average Bonchev–Trinajstić information content (AvgIpc) is 2.71. The molecule has 1 aliphatic rings. The lowest BCUT2D eigenvalue weighted by Gasteiger charge is -2.22. The van der Waals surface area contributed by atoms with Gasteiger partial charge in [0.2, 0.25) is 0 Å². The minimum atomic E-state index is 0.534. The van der Waals surface area contributed by atoms with Crippen LogP contribution in [0.2, 0.25) is 0 Å². The van der Waals surface area contributed by atoms with Crippen LogP contribution in [-0.2, 0) is 4.74 Å². The molecule has 0 saturated heterocycles. The number of benzene rings is 1. The molecule has 0 N–H and O–H groups in total. The van der Waals surface area contributed by atoms with Crippen molar-refractivity contribution in [2.75, 3.05) is 7.11 Å². The van der Waals surface area contributed by atoms with Crippen LogP contribution in [0.25, 0.3) is 10.2 Å². The van der Waals surface area contributed by atoms with Crippen molar-refractivity contribution in [3.63, 3.8) is 0 Å². The molecule has 0 radical (unpaired) electrons. The Morgan fingerprint density at radius 1 is 1.41 bits per heavy atom. The maximum absolute atomic E-state index is 8.54. The number of hydrogen-bond acceptors (Lipinski definition) is 4. The van der Waals surface area contributed by atoms with Crippen molar-refractivity contribution in [3.05, 3.63) is 29.3 Å². The second-order valence-corrected chi connectivity index (χ2v) is 4.92. The molecule has 0 atom stereocenters. The Hall–Kier alpha value is -1.44. The lowest BCUT2D eigenvalue weighted by molar-refractivity contribution is 0.0412. The van der Waals surface area contributed by atoms with E-state index in [4.69, 9.17) is 10.00 Å². The number of fused-ring (bicyclic) bond motifs is 1. The predicted octanol–water partition coefficient (Wildman–Crippen LogP) is 3.35. The zero-order valence-corrected chi connectivity index (χ0v) is 10.5. The van der Waals surface area contributed by atoms with Gasteiger partial charge < -0.3 is 4.74 Å². The summed E-state index contributed by atoms with van der Waals surface area (Å²) in [7, 11) is 1.78. The number of rotatable bonds is 1. The number of nitrogens with zero attached hydrogens (tertiary/aromatic N) is 2. The number of thiazole rings is 1. The highest BCUT2D eigenvalue weighted by Crippen LogP contribution is 2.20. The van der Waals surface area contributed by atoms with E-state index in [-0.39, 0.29) is 0 Å². The molecule has 3 rings (SSSR count). The number of methoxy groups -OCH3 is 1. The molecule has 0 amide bonds. The summed E-state index contributed by atoms with van der Waals surface area (Å²) >= 11 is 1.43. The van der Waals surface area contributed by atoms with Gasteiger partial charge in [-0.1, -0.05) is 12.1 Å². The van der Waals surface area contributed by atoms with Crippen LogP contribution < -0.4 is 0 Å². The third-order valence-electron chi connectivity index (χ3n) is 2.78. The summed E-state index contributed by atoms with van der Waals surface area (Å²) in [4.78, 5) is 4.09. The topological polar surface area (TPSA) is 45.9 Å². The molecule has 4 heteroatoms. The van der Waals surface area contributed by atoms with E-state index in [1.54, 1.807) is 7.11 Å². The van der Waals surface area contributed by atoms with E-state index in [2.05, 4.69) is 4.98 Å². The van der Waals surface area contributed by atoms with Crippen LogP contribution in [0.1, 0.15) is 24.3 Å². The summed E-state index contributed by atoms with van der Waals surface area (Å²) in [6.07, 6.45) is 4.57. The first-order valence-electron chi connectivity index (χ1n) is 5.62. The van der Waals surface area contributed by atoms with Gasteiger partial charge in [0.1, 0.15) is 6.07 Å². The number of hydrogen-bond donors (Lipinski definition) is 0. The minimum Gasteiger partial charge on any atom is -0.381 e. The third kappa shape index (κ3) is 3.02. The van der Waals surface area contributed by atoms with Crippen molar-refractivity contribution in [1.82, 2.24) is 4.98 Å². The fourth-order valence-corrected chi connectivity index (χ4v) is 2.29. The van der Waals surface area contributed by atoms with Gasteiger partial charge in [-0.3, -0.25) is 0 Å². The summed E-state index contributed by atoms with van der Waals surface area (Å²) in [5, 5.41) is 9.07. The molecule has 1 saturated carbocycles. The molecule has 0 spiro atoms. The molecule has 1 aliphatic carbocycles. The molecule has 1 fully saturated rings. The van der Waals surface area contributed by atoms with Gasteiger partial charge >= 0.3 is 0 Å². The van der Waals surface area contributed by atoms with Gasteiger partial charge in [0, 0.05) is 7.11 Å². The smallest absolute Gasteiger partial charge is 0.195 e. The lowest BCUT2D eigenvalue weighted by atomic mass is 9.96. The van der Waals surface area contributed by atoms with Crippen LogP contribution in [-0.4, -0.2) is 18.2 Å². The molecule has 0 bridgehead atoms. The molecular weight excluding hydrogens is 232 g/mol. The van der Waals surface area contributed by atoms with E-state index < -0.39 is 0 Å².